The van der Waals surface area contributed by atoms with Gasteiger partial charge >= 0.3 is 0 Å². The number of carbonyl (C=O) groups excluding carboxylic acids is 2. The number of fused-ring (bicyclic) bond motifs is 1. The van der Waals surface area contributed by atoms with E-state index < -0.39 is 0 Å². The van der Waals surface area contributed by atoms with Crippen molar-refractivity contribution < 1.29 is 19.1 Å². The molecule has 0 saturated carbocycles. The highest BCUT2D eigenvalue weighted by molar-refractivity contribution is 5.98. The maximum atomic E-state index is 14.1. The number of aryl methyl sites for hydroxylation is 2. The van der Waals surface area contributed by atoms with Gasteiger partial charge in [0.2, 0.25) is 11.8 Å². The molecule has 0 radical (unpaired) electrons. The topological polar surface area (TPSA) is 76.9 Å². The Balaban J connectivity index is 1.51. The molecule has 214 valence electrons. The number of rotatable bonds is 11. The van der Waals surface area contributed by atoms with Gasteiger partial charge in [0.1, 0.15) is 24.8 Å². The summed E-state index contributed by atoms with van der Waals surface area (Å²) in [6.45, 7) is 9.70. The van der Waals surface area contributed by atoms with Crippen LogP contribution in [0.2, 0.25) is 0 Å². The molecule has 1 fully saturated rings. The second kappa shape index (κ2) is 12.6. The minimum Gasteiger partial charge on any atom is -0.492 e. The Bertz CT molecular complexity index is 1550. The van der Waals surface area contributed by atoms with Crippen LogP contribution in [0, 0.1) is 6.92 Å². The Morgan fingerprint density at radius 3 is 2.56 bits per heavy atom. The third-order valence-corrected chi connectivity index (χ3v) is 7.62. The molecule has 0 N–H and O–H groups in total. The van der Waals surface area contributed by atoms with Crippen LogP contribution in [0.5, 0.6) is 5.75 Å². The number of para-hydroxylation sites is 5. The summed E-state index contributed by atoms with van der Waals surface area (Å²) in [5, 5.41) is 0. The van der Waals surface area contributed by atoms with Crippen LogP contribution in [0.1, 0.15) is 50.1 Å². The van der Waals surface area contributed by atoms with E-state index in [1.54, 1.807) is 9.80 Å². The summed E-state index contributed by atoms with van der Waals surface area (Å²) in [4.78, 5) is 35.9. The van der Waals surface area contributed by atoms with Crippen LogP contribution in [-0.4, -0.2) is 47.9 Å². The normalized spacial score (nSPS) is 15.1. The van der Waals surface area contributed by atoms with Gasteiger partial charge in [-0.05, 0) is 62.6 Å². The Labute approximate surface area is 241 Å². The van der Waals surface area contributed by atoms with Gasteiger partial charge in [-0.15, -0.1) is 0 Å². The molecule has 41 heavy (non-hydrogen) atoms. The molecular formula is C33H38N4O4. The van der Waals surface area contributed by atoms with Gasteiger partial charge in [-0.25, -0.2) is 4.98 Å². The number of anilines is 2. The summed E-state index contributed by atoms with van der Waals surface area (Å²) in [5.74, 6) is 1.17. The molecule has 8 heteroatoms. The van der Waals surface area contributed by atoms with E-state index in [0.717, 1.165) is 45.8 Å². The van der Waals surface area contributed by atoms with Crippen LogP contribution in [0.4, 0.5) is 11.4 Å². The van der Waals surface area contributed by atoms with Crippen molar-refractivity contribution in [3.8, 4) is 5.75 Å². The second-order valence-electron chi connectivity index (χ2n) is 10.2. The maximum absolute atomic E-state index is 14.1. The van der Waals surface area contributed by atoms with Crippen molar-refractivity contribution in [2.75, 3.05) is 36.3 Å². The van der Waals surface area contributed by atoms with Gasteiger partial charge in [-0.1, -0.05) is 49.4 Å². The van der Waals surface area contributed by atoms with Gasteiger partial charge in [-0.2, -0.15) is 0 Å². The fourth-order valence-electron chi connectivity index (χ4n) is 5.70. The first-order valence-corrected chi connectivity index (χ1v) is 14.4. The Hall–Kier alpha value is -4.17. The largest absolute Gasteiger partial charge is 0.492 e. The summed E-state index contributed by atoms with van der Waals surface area (Å²) < 4.78 is 13.6. The number of aromatic nitrogens is 2. The number of hydrogen-bond donors (Lipinski definition) is 0. The first kappa shape index (κ1) is 28.4. The van der Waals surface area contributed by atoms with Crippen LogP contribution in [0.25, 0.3) is 11.0 Å². The van der Waals surface area contributed by atoms with E-state index in [-0.39, 0.29) is 31.0 Å². The van der Waals surface area contributed by atoms with Crippen LogP contribution < -0.4 is 14.5 Å². The Morgan fingerprint density at radius 1 is 1.00 bits per heavy atom. The fourth-order valence-corrected chi connectivity index (χ4v) is 5.70. The molecule has 0 aliphatic carbocycles. The molecule has 1 saturated heterocycles. The average Bonchev–Trinajstić information content (AvgIpc) is 3.54. The van der Waals surface area contributed by atoms with Crippen molar-refractivity contribution in [2.45, 2.75) is 53.0 Å². The SMILES string of the molecule is CCOCN(C(=O)Cn1c(C2CC(=O)N(c3ccccc3OCC)C2)nc2ccccc21)c1c(C)cccc1CC. The van der Waals surface area contributed by atoms with Crippen LogP contribution >= 0.6 is 0 Å². The molecular weight excluding hydrogens is 516 g/mol. The molecule has 1 aromatic heterocycles. The molecule has 2 heterocycles. The van der Waals surface area contributed by atoms with Crippen LogP contribution in [-0.2, 0) is 27.3 Å². The number of benzene rings is 3. The zero-order valence-electron chi connectivity index (χ0n) is 24.3. The lowest BCUT2D eigenvalue weighted by molar-refractivity contribution is -0.120. The predicted molar refractivity (Wildman–Crippen MR) is 162 cm³/mol. The van der Waals surface area contributed by atoms with E-state index in [1.807, 2.05) is 86.0 Å². The third-order valence-electron chi connectivity index (χ3n) is 7.62. The summed E-state index contributed by atoms with van der Waals surface area (Å²) in [7, 11) is 0. The lowest BCUT2D eigenvalue weighted by Crippen LogP contribution is -2.37. The Morgan fingerprint density at radius 2 is 1.78 bits per heavy atom. The van der Waals surface area contributed by atoms with E-state index in [4.69, 9.17) is 14.5 Å². The molecule has 0 spiro atoms. The van der Waals surface area contributed by atoms with Crippen molar-refractivity contribution in [1.82, 2.24) is 9.55 Å². The predicted octanol–water partition coefficient (Wildman–Crippen LogP) is 5.85. The van der Waals surface area contributed by atoms with E-state index in [2.05, 4.69) is 13.0 Å². The number of carbonyl (C=O) groups is 2. The number of hydrogen-bond acceptors (Lipinski definition) is 5. The van der Waals surface area contributed by atoms with E-state index in [9.17, 15) is 9.59 Å². The summed E-state index contributed by atoms with van der Waals surface area (Å²) in [6, 6.07) is 21.6. The molecule has 1 unspecified atom stereocenters. The smallest absolute Gasteiger partial charge is 0.248 e. The van der Waals surface area contributed by atoms with Crippen LogP contribution in [0.15, 0.2) is 66.7 Å². The zero-order chi connectivity index (χ0) is 28.9. The van der Waals surface area contributed by atoms with Crippen molar-refractivity contribution in [1.29, 1.82) is 0 Å². The second-order valence-corrected chi connectivity index (χ2v) is 10.2. The van der Waals surface area contributed by atoms with E-state index in [1.165, 1.54) is 0 Å². The molecule has 1 atom stereocenters. The average molecular weight is 555 g/mol. The first-order chi connectivity index (χ1) is 20.0. The molecule has 1 aliphatic rings. The molecule has 8 nitrogen and oxygen atoms in total. The first-order valence-electron chi connectivity index (χ1n) is 14.4. The molecule has 2 amide bonds. The standard InChI is InChI=1S/C33H38N4O4/c1-5-24-14-12-13-23(4)32(24)37(22-40-6-2)31(39)21-36-27-16-9-8-15-26(27)34-33(36)25-19-30(38)35(20-25)28-17-10-11-18-29(28)41-7-3/h8-18,25H,5-7,19-22H2,1-4H3. The molecule has 4 aromatic rings. The molecule has 5 rings (SSSR count). The quantitative estimate of drug-likeness (QED) is 0.217. The number of ether oxygens (including phenoxy) is 2. The summed E-state index contributed by atoms with van der Waals surface area (Å²) in [6.07, 6.45) is 1.10. The minimum absolute atomic E-state index is 0.0116. The monoisotopic (exact) mass is 554 g/mol. The zero-order valence-corrected chi connectivity index (χ0v) is 24.3. The lowest BCUT2D eigenvalue weighted by Gasteiger charge is -2.27. The van der Waals surface area contributed by atoms with Crippen LogP contribution in [0.3, 0.4) is 0 Å². The molecule has 0 bridgehead atoms. The van der Waals surface area contributed by atoms with Crippen molar-refractivity contribution in [3.05, 3.63) is 83.7 Å². The number of amides is 2. The van der Waals surface area contributed by atoms with Gasteiger partial charge in [0.15, 0.2) is 0 Å². The number of nitrogens with zero attached hydrogens (tertiary/aromatic N) is 4. The highest BCUT2D eigenvalue weighted by atomic mass is 16.5. The van der Waals surface area contributed by atoms with E-state index >= 15 is 0 Å². The fraction of sp³-hybridized carbons (Fsp3) is 0.364. The van der Waals surface area contributed by atoms with Gasteiger partial charge in [0.25, 0.3) is 0 Å². The van der Waals surface area contributed by atoms with Crippen molar-refractivity contribution >= 4 is 34.2 Å². The molecule has 1 aliphatic heterocycles. The maximum Gasteiger partial charge on any atom is 0.248 e. The summed E-state index contributed by atoms with van der Waals surface area (Å²) in [5.41, 5.74) is 5.45. The van der Waals surface area contributed by atoms with Gasteiger partial charge in [0, 0.05) is 25.5 Å². The number of imidazole rings is 1. The third kappa shape index (κ3) is 5.70. The minimum atomic E-state index is -0.178. The highest BCUT2D eigenvalue weighted by Gasteiger charge is 2.36. The highest BCUT2D eigenvalue weighted by Crippen LogP contribution is 2.37. The van der Waals surface area contributed by atoms with Gasteiger partial charge in [-0.3, -0.25) is 14.5 Å². The summed E-state index contributed by atoms with van der Waals surface area (Å²) >= 11 is 0. The van der Waals surface area contributed by atoms with Crippen molar-refractivity contribution in [2.24, 2.45) is 0 Å². The Kier molecular flexibility index (Phi) is 8.69. The van der Waals surface area contributed by atoms with Gasteiger partial charge < -0.3 is 18.9 Å². The van der Waals surface area contributed by atoms with Crippen molar-refractivity contribution in [3.63, 3.8) is 0 Å². The lowest BCUT2D eigenvalue weighted by atomic mass is 10.0. The molecule has 3 aromatic carbocycles. The van der Waals surface area contributed by atoms with Gasteiger partial charge in [0.05, 0.1) is 29.0 Å². The van der Waals surface area contributed by atoms with E-state index in [0.29, 0.717) is 31.9 Å².